The first kappa shape index (κ1) is 21.4. The number of aryl methyl sites for hydroxylation is 1. The number of carbonyl (C=O) groups excluding carboxylic acids is 2. The van der Waals surface area contributed by atoms with Crippen LogP contribution in [0.5, 0.6) is 0 Å². The summed E-state index contributed by atoms with van der Waals surface area (Å²) >= 11 is 1.34. The number of amides is 1. The molecule has 2 aromatic rings. The van der Waals surface area contributed by atoms with E-state index in [0.717, 1.165) is 32.7 Å². The minimum Gasteiger partial charge on any atom is -0.466 e. The molecule has 3 N–H and O–H groups in total. The van der Waals surface area contributed by atoms with Gasteiger partial charge in [-0.15, -0.1) is 11.3 Å². The lowest BCUT2D eigenvalue weighted by atomic mass is 10.1. The van der Waals surface area contributed by atoms with E-state index >= 15 is 0 Å². The molecule has 1 aliphatic rings. The van der Waals surface area contributed by atoms with Crippen LogP contribution in [0.2, 0.25) is 0 Å². The van der Waals surface area contributed by atoms with Gasteiger partial charge >= 0.3 is 5.97 Å². The molecular formula is C21H30N4O3S+2. The zero-order chi connectivity index (χ0) is 20.6. The van der Waals surface area contributed by atoms with Gasteiger partial charge in [0.25, 0.3) is 5.91 Å². The lowest BCUT2D eigenvalue weighted by Crippen LogP contribution is -3.28. The minimum atomic E-state index is -0.300. The van der Waals surface area contributed by atoms with E-state index in [-0.39, 0.29) is 18.3 Å². The third-order valence-electron chi connectivity index (χ3n) is 5.21. The highest BCUT2D eigenvalue weighted by molar-refractivity contribution is 7.13. The van der Waals surface area contributed by atoms with Crippen LogP contribution in [0.1, 0.15) is 23.7 Å². The molecule has 1 amide bonds. The van der Waals surface area contributed by atoms with Crippen LogP contribution in [0, 0.1) is 6.92 Å². The van der Waals surface area contributed by atoms with Crippen LogP contribution < -0.4 is 15.1 Å². The monoisotopic (exact) mass is 418 g/mol. The number of carbonyl (C=O) groups is 2. The van der Waals surface area contributed by atoms with Gasteiger partial charge in [-0.2, -0.15) is 0 Å². The lowest BCUT2D eigenvalue weighted by Gasteiger charge is -2.29. The molecule has 0 aliphatic carbocycles. The van der Waals surface area contributed by atoms with E-state index in [9.17, 15) is 9.59 Å². The molecule has 1 fully saturated rings. The number of aromatic nitrogens is 1. The van der Waals surface area contributed by atoms with E-state index < -0.39 is 0 Å². The Morgan fingerprint density at radius 1 is 1.17 bits per heavy atom. The summed E-state index contributed by atoms with van der Waals surface area (Å²) < 4.78 is 4.92. The second-order valence-electron chi connectivity index (χ2n) is 7.45. The first-order valence-corrected chi connectivity index (χ1v) is 11.0. The summed E-state index contributed by atoms with van der Waals surface area (Å²) in [5, 5.41) is 5.19. The van der Waals surface area contributed by atoms with Crippen molar-refractivity contribution >= 4 is 28.3 Å². The fraction of sp³-hybridized carbons (Fsp3) is 0.476. The minimum absolute atomic E-state index is 0.0283. The molecule has 2 heterocycles. The number of hydrogen-bond acceptors (Lipinski definition) is 5. The van der Waals surface area contributed by atoms with Gasteiger partial charge in [-0.1, -0.05) is 24.3 Å². The third kappa shape index (κ3) is 6.62. The summed E-state index contributed by atoms with van der Waals surface area (Å²) in [7, 11) is 0. The maximum atomic E-state index is 12.4. The van der Waals surface area contributed by atoms with E-state index in [1.807, 2.05) is 0 Å². The average Bonchev–Trinajstić information content (AvgIpc) is 3.11. The number of thiazole rings is 1. The second kappa shape index (κ2) is 10.5. The molecular weight excluding hydrogens is 388 g/mol. The largest absolute Gasteiger partial charge is 0.466 e. The molecule has 0 spiro atoms. The molecule has 156 valence electrons. The molecule has 0 bridgehead atoms. The van der Waals surface area contributed by atoms with Gasteiger partial charge in [-0.3, -0.25) is 14.9 Å². The predicted octanol–water partition coefficient (Wildman–Crippen LogP) is -0.521. The van der Waals surface area contributed by atoms with Crippen molar-refractivity contribution in [1.82, 2.24) is 4.98 Å². The smallest absolute Gasteiger partial charge is 0.311 e. The summed E-state index contributed by atoms with van der Waals surface area (Å²) in [6.45, 7) is 9.90. The van der Waals surface area contributed by atoms with E-state index in [1.165, 1.54) is 27.4 Å². The SMILES string of the molecule is CCOC(=O)Cc1csc(NC(=O)C[NH+]2CC[NH+](Cc3ccccc3C)CC2)n1. The number of quaternary nitrogens is 2. The number of hydrogen-bond donors (Lipinski definition) is 3. The Hall–Kier alpha value is -2.29. The number of piperazine rings is 1. The summed E-state index contributed by atoms with van der Waals surface area (Å²) in [5.41, 5.74) is 3.38. The van der Waals surface area contributed by atoms with Crippen molar-refractivity contribution in [2.45, 2.75) is 26.8 Å². The zero-order valence-electron chi connectivity index (χ0n) is 17.1. The molecule has 1 aromatic carbocycles. The highest BCUT2D eigenvalue weighted by Gasteiger charge is 2.25. The number of ether oxygens (including phenoxy) is 1. The van der Waals surface area contributed by atoms with Crippen LogP contribution in [0.4, 0.5) is 5.13 Å². The Kier molecular flexibility index (Phi) is 7.74. The zero-order valence-corrected chi connectivity index (χ0v) is 17.9. The van der Waals surface area contributed by atoms with Crippen molar-refractivity contribution in [3.05, 3.63) is 46.5 Å². The van der Waals surface area contributed by atoms with Gasteiger partial charge in [0.05, 0.1) is 18.7 Å². The number of benzene rings is 1. The van der Waals surface area contributed by atoms with Crippen LogP contribution in [0.25, 0.3) is 0 Å². The number of nitrogens with zero attached hydrogens (tertiary/aromatic N) is 1. The highest BCUT2D eigenvalue weighted by atomic mass is 32.1. The molecule has 1 aliphatic heterocycles. The summed E-state index contributed by atoms with van der Waals surface area (Å²) in [6.07, 6.45) is 0.136. The lowest BCUT2D eigenvalue weighted by molar-refractivity contribution is -1.02. The average molecular weight is 419 g/mol. The standard InChI is InChI=1S/C21H28N4O3S/c1-3-28-20(27)12-18-15-29-21(22-18)23-19(26)14-25-10-8-24(9-11-25)13-17-7-5-4-6-16(17)2/h4-7,15H,3,8-14H2,1-2H3,(H,22,23,26)/p+2. The van der Waals surface area contributed by atoms with Crippen molar-refractivity contribution in [2.75, 3.05) is 44.6 Å². The Balaban J connectivity index is 1.40. The molecule has 1 saturated heterocycles. The summed E-state index contributed by atoms with van der Waals surface area (Å²) in [5.74, 6) is -0.328. The van der Waals surface area contributed by atoms with Crippen molar-refractivity contribution in [3.8, 4) is 0 Å². The van der Waals surface area contributed by atoms with E-state index in [4.69, 9.17) is 4.74 Å². The van der Waals surface area contributed by atoms with Gasteiger partial charge in [0.15, 0.2) is 11.7 Å². The Labute approximate surface area is 175 Å². The number of nitrogens with one attached hydrogen (secondary N) is 3. The highest BCUT2D eigenvalue weighted by Crippen LogP contribution is 2.15. The van der Waals surface area contributed by atoms with Crippen LogP contribution in [-0.2, 0) is 27.3 Å². The Bertz CT molecular complexity index is 831. The fourth-order valence-electron chi connectivity index (χ4n) is 3.58. The van der Waals surface area contributed by atoms with Crippen LogP contribution in [0.3, 0.4) is 0 Å². The van der Waals surface area contributed by atoms with E-state index in [2.05, 4.69) is 41.5 Å². The third-order valence-corrected chi connectivity index (χ3v) is 6.01. The maximum absolute atomic E-state index is 12.4. The van der Waals surface area contributed by atoms with Gasteiger partial charge in [-0.05, 0) is 19.4 Å². The van der Waals surface area contributed by atoms with E-state index in [0.29, 0.717) is 24.0 Å². The van der Waals surface area contributed by atoms with Crippen LogP contribution in [-0.4, -0.2) is 56.2 Å². The number of esters is 1. The predicted molar refractivity (Wildman–Crippen MR) is 112 cm³/mol. The van der Waals surface area contributed by atoms with Gasteiger partial charge in [0.2, 0.25) is 0 Å². The first-order valence-electron chi connectivity index (χ1n) is 10.1. The van der Waals surface area contributed by atoms with Gasteiger partial charge in [0.1, 0.15) is 32.7 Å². The molecule has 0 saturated carbocycles. The van der Waals surface area contributed by atoms with Crippen molar-refractivity contribution in [1.29, 1.82) is 0 Å². The van der Waals surface area contributed by atoms with Crippen molar-refractivity contribution < 1.29 is 24.1 Å². The number of rotatable bonds is 8. The van der Waals surface area contributed by atoms with Crippen LogP contribution in [0.15, 0.2) is 29.6 Å². The molecule has 0 radical (unpaired) electrons. The first-order chi connectivity index (χ1) is 14.0. The molecule has 29 heavy (non-hydrogen) atoms. The molecule has 8 heteroatoms. The van der Waals surface area contributed by atoms with Gasteiger partial charge in [-0.25, -0.2) is 4.98 Å². The van der Waals surface area contributed by atoms with Gasteiger partial charge in [0, 0.05) is 10.9 Å². The number of anilines is 1. The summed E-state index contributed by atoms with van der Waals surface area (Å²) in [6, 6.07) is 8.55. The molecule has 1 aromatic heterocycles. The quantitative estimate of drug-likeness (QED) is 0.504. The maximum Gasteiger partial charge on any atom is 0.311 e. The summed E-state index contributed by atoms with van der Waals surface area (Å²) in [4.78, 5) is 31.1. The molecule has 3 rings (SSSR count). The molecule has 0 atom stereocenters. The van der Waals surface area contributed by atoms with Crippen LogP contribution >= 0.6 is 11.3 Å². The fourth-order valence-corrected chi connectivity index (χ4v) is 4.31. The second-order valence-corrected chi connectivity index (χ2v) is 8.31. The Morgan fingerprint density at radius 2 is 1.90 bits per heavy atom. The normalized spacial score (nSPS) is 19.0. The van der Waals surface area contributed by atoms with E-state index in [1.54, 1.807) is 17.2 Å². The molecule has 7 nitrogen and oxygen atoms in total. The van der Waals surface area contributed by atoms with Crippen molar-refractivity contribution in [3.63, 3.8) is 0 Å². The Morgan fingerprint density at radius 3 is 2.62 bits per heavy atom. The van der Waals surface area contributed by atoms with Crippen molar-refractivity contribution in [2.24, 2.45) is 0 Å². The molecule has 0 unspecified atom stereocenters. The topological polar surface area (TPSA) is 77.2 Å². The van der Waals surface area contributed by atoms with Gasteiger partial charge < -0.3 is 14.5 Å².